The minimum Gasteiger partial charge on any atom is -0.352 e. The zero-order valence-electron chi connectivity index (χ0n) is 9.47. The summed E-state index contributed by atoms with van der Waals surface area (Å²) in [5.41, 5.74) is 0. The molecule has 0 bridgehead atoms. The van der Waals surface area contributed by atoms with Crippen molar-refractivity contribution in [2.75, 3.05) is 13.1 Å². The van der Waals surface area contributed by atoms with Crippen LogP contribution in [0.1, 0.15) is 27.2 Å². The smallest absolute Gasteiger partial charge is 0.234 e. The van der Waals surface area contributed by atoms with Gasteiger partial charge in [0.15, 0.2) is 0 Å². The Morgan fingerprint density at radius 1 is 1.50 bits per heavy atom. The van der Waals surface area contributed by atoms with Gasteiger partial charge in [-0.25, -0.2) is 0 Å². The third-order valence-electron chi connectivity index (χ3n) is 2.21. The van der Waals surface area contributed by atoms with Crippen molar-refractivity contribution in [3.8, 4) is 0 Å². The van der Waals surface area contributed by atoms with E-state index in [1.54, 1.807) is 6.08 Å². The second-order valence-electron chi connectivity index (χ2n) is 3.73. The molecule has 3 nitrogen and oxygen atoms in total. The lowest BCUT2D eigenvalue weighted by Crippen LogP contribution is -2.41. The Morgan fingerprint density at radius 2 is 2.14 bits per heavy atom. The molecule has 0 rings (SSSR count). The van der Waals surface area contributed by atoms with Crippen LogP contribution in [0.15, 0.2) is 12.7 Å². The van der Waals surface area contributed by atoms with Crippen molar-refractivity contribution >= 4 is 5.91 Å². The van der Waals surface area contributed by atoms with Gasteiger partial charge >= 0.3 is 0 Å². The van der Waals surface area contributed by atoms with Crippen LogP contribution in [0.2, 0.25) is 0 Å². The van der Waals surface area contributed by atoms with E-state index < -0.39 is 0 Å². The monoisotopic (exact) mass is 198 g/mol. The Morgan fingerprint density at radius 3 is 2.57 bits per heavy atom. The van der Waals surface area contributed by atoms with Crippen molar-refractivity contribution in [3.05, 3.63) is 12.7 Å². The van der Waals surface area contributed by atoms with Crippen LogP contribution in [0.3, 0.4) is 0 Å². The lowest BCUT2D eigenvalue weighted by molar-refractivity contribution is -0.120. The van der Waals surface area contributed by atoms with Gasteiger partial charge in [0.05, 0.1) is 6.54 Å². The summed E-state index contributed by atoms with van der Waals surface area (Å²) < 4.78 is 0. The fourth-order valence-corrected chi connectivity index (χ4v) is 1.32. The summed E-state index contributed by atoms with van der Waals surface area (Å²) in [5.74, 6) is 0.594. The number of carbonyl (C=O) groups is 1. The second kappa shape index (κ2) is 7.56. The minimum atomic E-state index is 0.0315. The number of carbonyl (C=O) groups excluding carboxylic acids is 1. The molecule has 0 aliphatic heterocycles. The van der Waals surface area contributed by atoms with Gasteiger partial charge in [-0.2, -0.15) is 0 Å². The molecule has 0 aliphatic carbocycles. The average molecular weight is 198 g/mol. The quantitative estimate of drug-likeness (QED) is 0.606. The minimum absolute atomic E-state index is 0.0315. The molecule has 1 atom stereocenters. The Hall–Kier alpha value is -0.830. The average Bonchev–Trinajstić information content (AvgIpc) is 2.15. The lowest BCUT2D eigenvalue weighted by atomic mass is 10.0. The van der Waals surface area contributed by atoms with Crippen LogP contribution in [-0.2, 0) is 4.79 Å². The molecule has 0 heterocycles. The highest BCUT2D eigenvalue weighted by Gasteiger charge is 2.11. The van der Waals surface area contributed by atoms with Gasteiger partial charge in [-0.3, -0.25) is 4.79 Å². The molecule has 2 N–H and O–H groups in total. The fourth-order valence-electron chi connectivity index (χ4n) is 1.32. The molecular weight excluding hydrogens is 176 g/mol. The third kappa shape index (κ3) is 5.75. The maximum absolute atomic E-state index is 11.2. The molecule has 0 aromatic rings. The van der Waals surface area contributed by atoms with E-state index >= 15 is 0 Å². The van der Waals surface area contributed by atoms with Crippen molar-refractivity contribution < 1.29 is 4.79 Å². The summed E-state index contributed by atoms with van der Waals surface area (Å²) in [7, 11) is 0. The van der Waals surface area contributed by atoms with Crippen molar-refractivity contribution in [2.24, 2.45) is 5.92 Å². The topological polar surface area (TPSA) is 41.1 Å². The Bertz CT molecular complexity index is 178. The Balaban J connectivity index is 3.68. The van der Waals surface area contributed by atoms with E-state index in [9.17, 15) is 4.79 Å². The van der Waals surface area contributed by atoms with Crippen LogP contribution in [0.25, 0.3) is 0 Å². The van der Waals surface area contributed by atoms with Gasteiger partial charge in [0, 0.05) is 12.6 Å². The zero-order chi connectivity index (χ0) is 11.0. The van der Waals surface area contributed by atoms with Crippen molar-refractivity contribution in [1.29, 1.82) is 0 Å². The van der Waals surface area contributed by atoms with Crippen LogP contribution in [0, 0.1) is 5.92 Å². The molecule has 0 aliphatic rings. The number of hydrogen-bond donors (Lipinski definition) is 2. The number of amides is 1. The van der Waals surface area contributed by atoms with Crippen molar-refractivity contribution in [2.45, 2.75) is 33.2 Å². The first-order valence-corrected chi connectivity index (χ1v) is 5.22. The standard InChI is InChI=1S/C11H22N2O/c1-5-7-12-11(14)8-13-10(6-2)9(3)4/h5,9-10,13H,1,6-8H2,2-4H3,(H,12,14). The first-order valence-electron chi connectivity index (χ1n) is 5.22. The van der Waals surface area contributed by atoms with Crippen LogP contribution in [-0.4, -0.2) is 25.0 Å². The molecule has 0 radical (unpaired) electrons. The Kier molecular flexibility index (Phi) is 7.11. The first kappa shape index (κ1) is 13.2. The highest BCUT2D eigenvalue weighted by atomic mass is 16.1. The maximum Gasteiger partial charge on any atom is 0.234 e. The van der Waals surface area contributed by atoms with E-state index in [1.165, 1.54) is 0 Å². The van der Waals surface area contributed by atoms with Crippen LogP contribution in [0.5, 0.6) is 0 Å². The summed E-state index contributed by atoms with van der Waals surface area (Å²) in [4.78, 5) is 11.2. The van der Waals surface area contributed by atoms with Crippen LogP contribution >= 0.6 is 0 Å². The molecule has 82 valence electrons. The maximum atomic E-state index is 11.2. The van der Waals surface area contributed by atoms with E-state index in [1.807, 2.05) is 0 Å². The molecule has 1 unspecified atom stereocenters. The van der Waals surface area contributed by atoms with Crippen molar-refractivity contribution in [3.63, 3.8) is 0 Å². The largest absolute Gasteiger partial charge is 0.352 e. The summed E-state index contributed by atoms with van der Waals surface area (Å²) in [6.07, 6.45) is 2.73. The van der Waals surface area contributed by atoms with Gasteiger partial charge in [0.2, 0.25) is 5.91 Å². The highest BCUT2D eigenvalue weighted by molar-refractivity contribution is 5.78. The fraction of sp³-hybridized carbons (Fsp3) is 0.727. The first-order chi connectivity index (χ1) is 6.61. The van der Waals surface area contributed by atoms with Crippen LogP contribution < -0.4 is 10.6 Å². The molecule has 14 heavy (non-hydrogen) atoms. The summed E-state index contributed by atoms with van der Waals surface area (Å²) >= 11 is 0. The number of hydrogen-bond acceptors (Lipinski definition) is 2. The summed E-state index contributed by atoms with van der Waals surface area (Å²) in [6.45, 7) is 10.9. The normalized spacial score (nSPS) is 12.6. The molecule has 0 saturated carbocycles. The van der Waals surface area contributed by atoms with E-state index in [-0.39, 0.29) is 5.91 Å². The lowest BCUT2D eigenvalue weighted by Gasteiger charge is -2.20. The van der Waals surface area contributed by atoms with Gasteiger partial charge < -0.3 is 10.6 Å². The van der Waals surface area contributed by atoms with Crippen LogP contribution in [0.4, 0.5) is 0 Å². The SMILES string of the molecule is C=CCNC(=O)CNC(CC)C(C)C. The van der Waals surface area contributed by atoms with E-state index in [0.717, 1.165) is 6.42 Å². The van der Waals surface area contributed by atoms with Gasteiger partial charge in [-0.1, -0.05) is 26.8 Å². The van der Waals surface area contributed by atoms with E-state index in [4.69, 9.17) is 0 Å². The van der Waals surface area contributed by atoms with Gasteiger partial charge in [0.25, 0.3) is 0 Å². The molecule has 0 aromatic carbocycles. The molecule has 0 spiro atoms. The van der Waals surface area contributed by atoms with Crippen molar-refractivity contribution in [1.82, 2.24) is 10.6 Å². The molecule has 0 saturated heterocycles. The van der Waals surface area contributed by atoms with Gasteiger partial charge in [-0.15, -0.1) is 6.58 Å². The van der Waals surface area contributed by atoms with Gasteiger partial charge in [0.1, 0.15) is 0 Å². The predicted molar refractivity (Wildman–Crippen MR) is 60.1 cm³/mol. The molecule has 3 heteroatoms. The summed E-state index contributed by atoms with van der Waals surface area (Å²) in [5, 5.41) is 5.96. The molecule has 0 aromatic heterocycles. The zero-order valence-corrected chi connectivity index (χ0v) is 9.47. The number of nitrogens with one attached hydrogen (secondary N) is 2. The predicted octanol–water partition coefficient (Wildman–Crippen LogP) is 1.31. The molecular formula is C11H22N2O. The summed E-state index contributed by atoms with van der Waals surface area (Å²) in [6, 6.07) is 0.421. The number of rotatable bonds is 7. The van der Waals surface area contributed by atoms with E-state index in [0.29, 0.717) is 25.0 Å². The molecule has 1 amide bonds. The van der Waals surface area contributed by atoms with Gasteiger partial charge in [-0.05, 0) is 12.3 Å². The molecule has 0 fully saturated rings. The Labute approximate surface area is 87.0 Å². The highest BCUT2D eigenvalue weighted by Crippen LogP contribution is 2.04. The second-order valence-corrected chi connectivity index (χ2v) is 3.73. The van der Waals surface area contributed by atoms with E-state index in [2.05, 4.69) is 38.0 Å². The third-order valence-corrected chi connectivity index (χ3v) is 2.21.